The maximum atomic E-state index is 12.1. The summed E-state index contributed by atoms with van der Waals surface area (Å²) in [7, 11) is 0. The van der Waals surface area contributed by atoms with Crippen LogP contribution in [0.4, 0.5) is 0 Å². The van der Waals surface area contributed by atoms with Crippen LogP contribution in [0.3, 0.4) is 0 Å². The molecule has 4 heteroatoms. The molecule has 18 heavy (non-hydrogen) atoms. The molecule has 0 bridgehead atoms. The van der Waals surface area contributed by atoms with Gasteiger partial charge in [0, 0.05) is 6.04 Å². The molecule has 0 radical (unpaired) electrons. The van der Waals surface area contributed by atoms with E-state index < -0.39 is 0 Å². The molecule has 1 aromatic heterocycles. The van der Waals surface area contributed by atoms with Gasteiger partial charge in [-0.15, -0.1) is 0 Å². The van der Waals surface area contributed by atoms with E-state index >= 15 is 0 Å². The van der Waals surface area contributed by atoms with E-state index in [1.165, 1.54) is 25.7 Å². The van der Waals surface area contributed by atoms with Crippen molar-refractivity contribution in [2.24, 2.45) is 5.92 Å². The van der Waals surface area contributed by atoms with Crippen LogP contribution in [0.25, 0.3) is 0 Å². The number of amides is 1. The summed E-state index contributed by atoms with van der Waals surface area (Å²) >= 11 is 3.29. The monoisotopic (exact) mass is 310 g/mol. The van der Waals surface area contributed by atoms with E-state index in [4.69, 9.17) is 0 Å². The van der Waals surface area contributed by atoms with E-state index in [2.05, 4.69) is 33.2 Å². The van der Waals surface area contributed by atoms with Gasteiger partial charge in [0.2, 0.25) is 0 Å². The van der Waals surface area contributed by atoms with Crippen molar-refractivity contribution < 1.29 is 4.79 Å². The second-order valence-corrected chi connectivity index (χ2v) is 5.85. The van der Waals surface area contributed by atoms with Crippen LogP contribution in [0.15, 0.2) is 22.8 Å². The molecular weight excluding hydrogens is 292 g/mol. The number of hydrogen-bond donors (Lipinski definition) is 1. The van der Waals surface area contributed by atoms with Gasteiger partial charge in [0.05, 0.1) is 0 Å². The van der Waals surface area contributed by atoms with Crippen molar-refractivity contribution in [1.82, 2.24) is 10.3 Å². The van der Waals surface area contributed by atoms with Crippen LogP contribution in [-0.4, -0.2) is 16.9 Å². The van der Waals surface area contributed by atoms with Gasteiger partial charge in [0.15, 0.2) is 0 Å². The molecule has 1 aromatic rings. The Balaban J connectivity index is 2.01. The lowest BCUT2D eigenvalue weighted by Gasteiger charge is -2.22. The van der Waals surface area contributed by atoms with Crippen LogP contribution in [0, 0.1) is 5.92 Å². The summed E-state index contributed by atoms with van der Waals surface area (Å²) in [6, 6.07) is 5.70. The normalized spacial score (nSPS) is 24.3. The number of rotatable bonds is 2. The molecule has 2 rings (SSSR count). The molecule has 1 saturated carbocycles. The highest BCUT2D eigenvalue weighted by atomic mass is 79.9. The average molecular weight is 311 g/mol. The summed E-state index contributed by atoms with van der Waals surface area (Å²) in [4.78, 5) is 16.3. The molecule has 0 spiro atoms. The largest absolute Gasteiger partial charge is 0.348 e. The van der Waals surface area contributed by atoms with Gasteiger partial charge < -0.3 is 5.32 Å². The highest BCUT2D eigenvalue weighted by molar-refractivity contribution is 9.10. The number of nitrogens with zero attached hydrogens (tertiary/aromatic N) is 1. The van der Waals surface area contributed by atoms with Crippen LogP contribution in [0.2, 0.25) is 0 Å². The Morgan fingerprint density at radius 1 is 1.33 bits per heavy atom. The molecule has 1 aliphatic carbocycles. The highest BCUT2D eigenvalue weighted by Gasteiger charge is 2.22. The van der Waals surface area contributed by atoms with Crippen molar-refractivity contribution in [3.8, 4) is 0 Å². The van der Waals surface area contributed by atoms with Crippen molar-refractivity contribution in [1.29, 1.82) is 0 Å². The Hall–Kier alpha value is -0.900. The van der Waals surface area contributed by atoms with E-state index in [-0.39, 0.29) is 5.91 Å². The molecule has 1 heterocycles. The van der Waals surface area contributed by atoms with Gasteiger partial charge in [0.25, 0.3) is 5.91 Å². The van der Waals surface area contributed by atoms with Gasteiger partial charge >= 0.3 is 0 Å². The molecule has 2 unspecified atom stereocenters. The number of carbonyl (C=O) groups is 1. The maximum Gasteiger partial charge on any atom is 0.270 e. The second-order valence-electron chi connectivity index (χ2n) is 5.04. The zero-order valence-electron chi connectivity index (χ0n) is 10.7. The summed E-state index contributed by atoms with van der Waals surface area (Å²) in [5.41, 5.74) is 0.487. The first-order chi connectivity index (χ1) is 8.66. The van der Waals surface area contributed by atoms with Gasteiger partial charge in [-0.1, -0.05) is 32.3 Å². The van der Waals surface area contributed by atoms with E-state index in [1.54, 1.807) is 6.07 Å². The second kappa shape index (κ2) is 6.32. The van der Waals surface area contributed by atoms with Crippen LogP contribution in [-0.2, 0) is 0 Å². The molecule has 3 nitrogen and oxygen atoms in total. The minimum atomic E-state index is -0.0601. The number of nitrogens with one attached hydrogen (secondary N) is 1. The molecule has 2 atom stereocenters. The van der Waals surface area contributed by atoms with Crippen molar-refractivity contribution in [3.63, 3.8) is 0 Å². The predicted molar refractivity (Wildman–Crippen MR) is 75.4 cm³/mol. The SMILES string of the molecule is CC1CCCCCC1NC(=O)c1cccc(Br)n1. The summed E-state index contributed by atoms with van der Waals surface area (Å²) in [6.45, 7) is 2.23. The van der Waals surface area contributed by atoms with Crippen LogP contribution >= 0.6 is 15.9 Å². The minimum absolute atomic E-state index is 0.0601. The fourth-order valence-corrected chi connectivity index (χ4v) is 2.83. The first-order valence-electron chi connectivity index (χ1n) is 6.60. The molecule has 0 saturated heterocycles. The maximum absolute atomic E-state index is 12.1. The third-order valence-electron chi connectivity index (χ3n) is 3.63. The Labute approximate surface area is 117 Å². The minimum Gasteiger partial charge on any atom is -0.348 e. The molecule has 1 aliphatic rings. The molecule has 0 aliphatic heterocycles. The number of aromatic nitrogens is 1. The fraction of sp³-hybridized carbons (Fsp3) is 0.571. The molecule has 1 fully saturated rings. The zero-order chi connectivity index (χ0) is 13.0. The number of pyridine rings is 1. The summed E-state index contributed by atoms with van der Waals surface area (Å²) < 4.78 is 0.698. The van der Waals surface area contributed by atoms with Crippen molar-refractivity contribution >= 4 is 21.8 Å². The lowest BCUT2D eigenvalue weighted by Crippen LogP contribution is -2.39. The van der Waals surface area contributed by atoms with Crippen molar-refractivity contribution in [2.45, 2.75) is 45.1 Å². The van der Waals surface area contributed by atoms with Gasteiger partial charge in [-0.2, -0.15) is 0 Å². The van der Waals surface area contributed by atoms with Gasteiger partial charge in [-0.05, 0) is 46.8 Å². The number of carbonyl (C=O) groups excluding carboxylic acids is 1. The fourth-order valence-electron chi connectivity index (χ4n) is 2.48. The smallest absolute Gasteiger partial charge is 0.270 e. The first kappa shape index (κ1) is 13.5. The van der Waals surface area contributed by atoms with Gasteiger partial charge in [-0.3, -0.25) is 4.79 Å². The Morgan fingerprint density at radius 3 is 2.89 bits per heavy atom. The van der Waals surface area contributed by atoms with Gasteiger partial charge in [-0.25, -0.2) is 4.98 Å². The van der Waals surface area contributed by atoms with E-state index in [9.17, 15) is 4.79 Å². The number of halogens is 1. The zero-order valence-corrected chi connectivity index (χ0v) is 12.2. The quantitative estimate of drug-likeness (QED) is 0.670. The van der Waals surface area contributed by atoms with Crippen LogP contribution in [0.5, 0.6) is 0 Å². The summed E-state index contributed by atoms with van der Waals surface area (Å²) in [6.07, 6.45) is 6.06. The van der Waals surface area contributed by atoms with Crippen molar-refractivity contribution in [2.75, 3.05) is 0 Å². The third kappa shape index (κ3) is 3.55. The topological polar surface area (TPSA) is 42.0 Å². The first-order valence-corrected chi connectivity index (χ1v) is 7.39. The van der Waals surface area contributed by atoms with E-state index in [0.717, 1.165) is 6.42 Å². The Morgan fingerprint density at radius 2 is 2.11 bits per heavy atom. The third-order valence-corrected chi connectivity index (χ3v) is 4.07. The highest BCUT2D eigenvalue weighted by Crippen LogP contribution is 2.23. The molecule has 1 N–H and O–H groups in total. The van der Waals surface area contributed by atoms with Crippen molar-refractivity contribution in [3.05, 3.63) is 28.5 Å². The van der Waals surface area contributed by atoms with E-state index in [0.29, 0.717) is 22.3 Å². The lowest BCUT2D eigenvalue weighted by molar-refractivity contribution is 0.0916. The predicted octanol–water partition coefficient (Wildman–Crippen LogP) is 3.54. The van der Waals surface area contributed by atoms with Gasteiger partial charge in [0.1, 0.15) is 10.3 Å². The van der Waals surface area contributed by atoms with E-state index in [1.807, 2.05) is 12.1 Å². The average Bonchev–Trinajstić information content (AvgIpc) is 2.55. The molecule has 0 aromatic carbocycles. The number of hydrogen-bond acceptors (Lipinski definition) is 2. The molecule has 1 amide bonds. The Kier molecular flexibility index (Phi) is 4.75. The standard InChI is InChI=1S/C14H19BrN2O/c1-10-6-3-2-4-7-11(10)17-14(18)12-8-5-9-13(15)16-12/h5,8-11H,2-4,6-7H2,1H3,(H,17,18). The summed E-state index contributed by atoms with van der Waals surface area (Å²) in [5, 5.41) is 3.13. The summed E-state index contributed by atoms with van der Waals surface area (Å²) in [5.74, 6) is 0.499. The van der Waals surface area contributed by atoms with Crippen LogP contribution < -0.4 is 5.32 Å². The molecule has 98 valence electrons. The Bertz CT molecular complexity index is 422. The van der Waals surface area contributed by atoms with Crippen LogP contribution in [0.1, 0.15) is 49.5 Å². The molecular formula is C14H19BrN2O. The lowest BCUT2D eigenvalue weighted by atomic mass is 9.97.